The highest BCUT2D eigenvalue weighted by Gasteiger charge is 2.40. The Bertz CT molecular complexity index is 1250. The number of azo groups is 1. The van der Waals surface area contributed by atoms with E-state index in [0.29, 0.717) is 17.1 Å². The first-order valence-corrected chi connectivity index (χ1v) is 10.8. The average Bonchev–Trinajstić information content (AvgIpc) is 2.80. The van der Waals surface area contributed by atoms with Crippen LogP contribution in [0.15, 0.2) is 92.5 Å². The Labute approximate surface area is 198 Å². The summed E-state index contributed by atoms with van der Waals surface area (Å²) in [5.74, 6) is -2.61. The van der Waals surface area contributed by atoms with Crippen LogP contribution < -0.4 is 10.2 Å². The second kappa shape index (κ2) is 9.66. The van der Waals surface area contributed by atoms with Crippen LogP contribution in [0.1, 0.15) is 5.56 Å². The summed E-state index contributed by atoms with van der Waals surface area (Å²) in [5, 5.41) is 10.6. The SMILES string of the molecule is Cc1ccc(N=Nc2ccc(N=C[C@@H]3C(=O)NC(=O)N(c4ccc(Br)cc4)C3=O)cc2)cc1. The highest BCUT2D eigenvalue weighted by molar-refractivity contribution is 9.10. The molecule has 0 aliphatic carbocycles. The summed E-state index contributed by atoms with van der Waals surface area (Å²) < 4.78 is 0.798. The molecule has 4 rings (SSSR count). The number of aliphatic imine (C=N–C) groups is 1. The van der Waals surface area contributed by atoms with Gasteiger partial charge in [0.15, 0.2) is 5.92 Å². The van der Waals surface area contributed by atoms with Gasteiger partial charge in [-0.1, -0.05) is 33.6 Å². The van der Waals surface area contributed by atoms with Gasteiger partial charge in [-0.25, -0.2) is 9.69 Å². The van der Waals surface area contributed by atoms with Gasteiger partial charge in [0.1, 0.15) is 0 Å². The standard InChI is InChI=1S/C24H18BrN5O3/c1-15-2-6-18(7-3-15)28-29-19-10-8-17(9-11-19)26-14-21-22(31)27-24(33)30(23(21)32)20-12-4-16(25)5-13-20/h2-14,21H,1H3,(H,27,31,33)/t21-/m1/s1. The van der Waals surface area contributed by atoms with E-state index >= 15 is 0 Å². The molecule has 9 heteroatoms. The molecule has 33 heavy (non-hydrogen) atoms. The van der Waals surface area contributed by atoms with Gasteiger partial charge in [-0.2, -0.15) is 10.2 Å². The van der Waals surface area contributed by atoms with Crippen LogP contribution in [-0.4, -0.2) is 24.1 Å². The topological polar surface area (TPSA) is 104 Å². The number of anilines is 1. The van der Waals surface area contributed by atoms with Gasteiger partial charge in [0.05, 0.1) is 22.7 Å². The number of carbonyl (C=O) groups excluding carboxylic acids is 3. The number of nitrogens with zero attached hydrogens (tertiary/aromatic N) is 4. The van der Waals surface area contributed by atoms with E-state index in [2.05, 4.69) is 36.5 Å². The number of hydrogen-bond acceptors (Lipinski definition) is 6. The fourth-order valence-corrected chi connectivity index (χ4v) is 3.31. The number of amides is 4. The lowest BCUT2D eigenvalue weighted by molar-refractivity contribution is -0.131. The van der Waals surface area contributed by atoms with Gasteiger partial charge in [0, 0.05) is 10.7 Å². The average molecular weight is 504 g/mol. The van der Waals surface area contributed by atoms with Crippen molar-refractivity contribution in [1.29, 1.82) is 0 Å². The molecule has 1 N–H and O–H groups in total. The lowest BCUT2D eigenvalue weighted by Gasteiger charge is -2.28. The Morgan fingerprint density at radius 2 is 1.36 bits per heavy atom. The molecule has 0 spiro atoms. The fraction of sp³-hybridized carbons (Fsp3) is 0.0833. The number of rotatable bonds is 5. The van der Waals surface area contributed by atoms with Crippen molar-refractivity contribution in [3.05, 3.63) is 82.8 Å². The second-order valence-electron chi connectivity index (χ2n) is 7.25. The van der Waals surface area contributed by atoms with Crippen molar-refractivity contribution in [2.24, 2.45) is 21.1 Å². The van der Waals surface area contributed by atoms with Crippen molar-refractivity contribution in [3.8, 4) is 0 Å². The molecule has 1 atom stereocenters. The van der Waals surface area contributed by atoms with Crippen LogP contribution in [0.5, 0.6) is 0 Å². The van der Waals surface area contributed by atoms with Gasteiger partial charge in [-0.3, -0.25) is 19.9 Å². The molecule has 8 nitrogen and oxygen atoms in total. The van der Waals surface area contributed by atoms with Crippen molar-refractivity contribution in [2.75, 3.05) is 4.90 Å². The summed E-state index contributed by atoms with van der Waals surface area (Å²) in [5.41, 5.74) is 3.40. The number of nitrogens with one attached hydrogen (secondary N) is 1. The van der Waals surface area contributed by atoms with Crippen LogP contribution in [0.25, 0.3) is 0 Å². The lowest BCUT2D eigenvalue weighted by atomic mass is 10.1. The molecular formula is C24H18BrN5O3. The number of imide groups is 2. The molecule has 0 unspecified atom stereocenters. The minimum absolute atomic E-state index is 0.356. The van der Waals surface area contributed by atoms with Crippen LogP contribution in [0.4, 0.5) is 27.5 Å². The third-order valence-electron chi connectivity index (χ3n) is 4.82. The van der Waals surface area contributed by atoms with E-state index in [1.807, 2.05) is 31.2 Å². The van der Waals surface area contributed by atoms with Gasteiger partial charge >= 0.3 is 6.03 Å². The summed E-state index contributed by atoms with van der Waals surface area (Å²) in [6.45, 7) is 2.00. The quantitative estimate of drug-likeness (QED) is 0.271. The van der Waals surface area contributed by atoms with E-state index in [0.717, 1.165) is 20.6 Å². The predicted octanol–water partition coefficient (Wildman–Crippen LogP) is 5.77. The smallest absolute Gasteiger partial charge is 0.276 e. The van der Waals surface area contributed by atoms with Crippen LogP contribution in [0.2, 0.25) is 0 Å². The molecule has 3 aromatic rings. The maximum atomic E-state index is 12.9. The Hall–Kier alpha value is -3.98. The Morgan fingerprint density at radius 3 is 1.97 bits per heavy atom. The Morgan fingerprint density at radius 1 is 0.818 bits per heavy atom. The van der Waals surface area contributed by atoms with Gasteiger partial charge < -0.3 is 0 Å². The third-order valence-corrected chi connectivity index (χ3v) is 5.35. The van der Waals surface area contributed by atoms with Crippen molar-refractivity contribution in [1.82, 2.24) is 5.32 Å². The molecule has 0 radical (unpaired) electrons. The third kappa shape index (κ3) is 5.27. The van der Waals surface area contributed by atoms with Gasteiger partial charge in [-0.15, -0.1) is 0 Å². The monoisotopic (exact) mass is 503 g/mol. The lowest BCUT2D eigenvalue weighted by Crippen LogP contribution is -2.58. The molecule has 1 aliphatic heterocycles. The van der Waals surface area contributed by atoms with E-state index in [1.165, 1.54) is 6.21 Å². The minimum Gasteiger partial charge on any atom is -0.276 e. The van der Waals surface area contributed by atoms with Gasteiger partial charge in [-0.05, 0) is 67.6 Å². The minimum atomic E-state index is -1.23. The first-order chi connectivity index (χ1) is 15.9. The van der Waals surface area contributed by atoms with Crippen molar-refractivity contribution in [2.45, 2.75) is 6.92 Å². The summed E-state index contributed by atoms with van der Waals surface area (Å²) in [7, 11) is 0. The normalized spacial score (nSPS) is 16.6. The predicted molar refractivity (Wildman–Crippen MR) is 129 cm³/mol. The number of barbiturate groups is 1. The van der Waals surface area contributed by atoms with E-state index < -0.39 is 23.8 Å². The highest BCUT2D eigenvalue weighted by Crippen LogP contribution is 2.24. The molecule has 0 saturated carbocycles. The number of benzene rings is 3. The molecule has 1 saturated heterocycles. The number of aryl methyl sites for hydroxylation is 1. The first-order valence-electron chi connectivity index (χ1n) is 9.98. The Kier molecular flexibility index (Phi) is 6.50. The van der Waals surface area contributed by atoms with E-state index in [9.17, 15) is 14.4 Å². The summed E-state index contributed by atoms with van der Waals surface area (Å²) in [4.78, 5) is 42.5. The molecule has 3 aromatic carbocycles. The molecule has 0 aromatic heterocycles. The summed E-state index contributed by atoms with van der Waals surface area (Å²) in [6, 6.07) is 20.4. The Balaban J connectivity index is 1.47. The van der Waals surface area contributed by atoms with Crippen molar-refractivity contribution < 1.29 is 14.4 Å². The molecule has 1 heterocycles. The number of carbonyl (C=O) groups is 3. The van der Waals surface area contributed by atoms with Crippen molar-refractivity contribution in [3.63, 3.8) is 0 Å². The molecule has 1 aliphatic rings. The van der Waals surface area contributed by atoms with Crippen LogP contribution in [-0.2, 0) is 9.59 Å². The number of urea groups is 1. The fourth-order valence-electron chi connectivity index (χ4n) is 3.05. The van der Waals surface area contributed by atoms with E-state index in [-0.39, 0.29) is 0 Å². The van der Waals surface area contributed by atoms with Gasteiger partial charge in [0.25, 0.3) is 5.91 Å². The first kappa shape index (κ1) is 22.2. The van der Waals surface area contributed by atoms with Crippen LogP contribution in [0.3, 0.4) is 0 Å². The van der Waals surface area contributed by atoms with Gasteiger partial charge in [0.2, 0.25) is 5.91 Å². The van der Waals surface area contributed by atoms with Crippen molar-refractivity contribution >= 4 is 62.7 Å². The molecule has 1 fully saturated rings. The zero-order valence-electron chi connectivity index (χ0n) is 17.5. The summed E-state index contributed by atoms with van der Waals surface area (Å²) in [6.07, 6.45) is 1.23. The molecule has 164 valence electrons. The maximum absolute atomic E-state index is 12.9. The van der Waals surface area contributed by atoms with E-state index in [4.69, 9.17) is 0 Å². The summed E-state index contributed by atoms with van der Waals surface area (Å²) >= 11 is 3.31. The number of hydrogen-bond donors (Lipinski definition) is 1. The number of halogens is 1. The molecular weight excluding hydrogens is 486 g/mol. The van der Waals surface area contributed by atoms with E-state index in [1.54, 1.807) is 48.5 Å². The maximum Gasteiger partial charge on any atom is 0.335 e. The largest absolute Gasteiger partial charge is 0.335 e. The zero-order chi connectivity index (χ0) is 23.4. The van der Waals surface area contributed by atoms with Crippen LogP contribution >= 0.6 is 15.9 Å². The molecule has 0 bridgehead atoms. The second-order valence-corrected chi connectivity index (χ2v) is 8.17. The zero-order valence-corrected chi connectivity index (χ0v) is 19.1. The highest BCUT2D eigenvalue weighted by atomic mass is 79.9. The van der Waals surface area contributed by atoms with Crippen LogP contribution in [0, 0.1) is 12.8 Å². The molecule has 4 amide bonds.